The molecule has 3 aromatic rings. The highest BCUT2D eigenvalue weighted by Gasteiger charge is 2.24. The number of hydrogen-bond donors (Lipinski definition) is 1. The first-order chi connectivity index (χ1) is 17.1. The number of methoxy groups -OCH3 is 1. The van der Waals surface area contributed by atoms with Crippen molar-refractivity contribution in [1.29, 1.82) is 0 Å². The Hall–Kier alpha value is -2.87. The van der Waals surface area contributed by atoms with Gasteiger partial charge in [-0.1, -0.05) is 62.7 Å². The Morgan fingerprint density at radius 1 is 1.00 bits per heavy atom. The van der Waals surface area contributed by atoms with Crippen molar-refractivity contribution in [1.82, 2.24) is 14.7 Å². The van der Waals surface area contributed by atoms with E-state index in [2.05, 4.69) is 30.9 Å². The number of nitrogens with zero attached hydrogens (tertiary/aromatic N) is 3. The van der Waals surface area contributed by atoms with E-state index >= 15 is 0 Å². The van der Waals surface area contributed by atoms with Crippen molar-refractivity contribution >= 4 is 0 Å². The molecule has 0 aliphatic rings. The van der Waals surface area contributed by atoms with Crippen LogP contribution in [0.5, 0.6) is 17.4 Å². The molecule has 0 amide bonds. The van der Waals surface area contributed by atoms with Crippen LogP contribution in [0.4, 0.5) is 0 Å². The maximum atomic E-state index is 10.7. The monoisotopic (exact) mass is 481 g/mol. The van der Waals surface area contributed by atoms with E-state index in [1.54, 1.807) is 11.8 Å². The summed E-state index contributed by atoms with van der Waals surface area (Å²) in [6.45, 7) is 7.22. The van der Waals surface area contributed by atoms with Gasteiger partial charge in [0, 0.05) is 32.3 Å². The molecule has 0 aliphatic heterocycles. The minimum absolute atomic E-state index is 0.337. The molecule has 1 aromatic heterocycles. The van der Waals surface area contributed by atoms with E-state index in [0.717, 1.165) is 42.6 Å². The molecule has 3 rings (SSSR count). The quantitative estimate of drug-likeness (QED) is 0.298. The number of aliphatic hydroxyl groups is 1. The number of aromatic nitrogens is 2. The summed E-state index contributed by atoms with van der Waals surface area (Å²) >= 11 is 0. The van der Waals surface area contributed by atoms with Gasteiger partial charge in [0.05, 0.1) is 25.4 Å². The van der Waals surface area contributed by atoms with Gasteiger partial charge in [0.25, 0.3) is 0 Å². The van der Waals surface area contributed by atoms with Crippen molar-refractivity contribution in [2.75, 3.05) is 33.4 Å². The Labute approximate surface area is 209 Å². The van der Waals surface area contributed by atoms with E-state index in [9.17, 15) is 5.11 Å². The highest BCUT2D eigenvalue weighted by molar-refractivity contribution is 5.65. The summed E-state index contributed by atoms with van der Waals surface area (Å²) in [6, 6.07) is 17.7. The van der Waals surface area contributed by atoms with Gasteiger partial charge in [-0.05, 0) is 31.5 Å². The standard InChI is InChI=1S/C28H39N3O4/c1-5-7-18-34-21-23(32)19-31(17-6-2)20-24-27(22-13-9-8-10-14-22)29-30(3)28(24)35-26-16-12-11-15-25(26)33-4/h8-16,23,32H,5-7,17-21H2,1-4H3/t23-/m1/s1. The fraction of sp³-hybridized carbons (Fsp3) is 0.464. The molecule has 0 saturated heterocycles. The van der Waals surface area contributed by atoms with E-state index in [0.29, 0.717) is 43.7 Å². The third kappa shape index (κ3) is 7.56. The van der Waals surface area contributed by atoms with E-state index < -0.39 is 6.10 Å². The number of unbranched alkanes of at least 4 members (excludes halogenated alkanes) is 1. The molecule has 7 nitrogen and oxygen atoms in total. The van der Waals surface area contributed by atoms with Gasteiger partial charge in [-0.15, -0.1) is 0 Å². The van der Waals surface area contributed by atoms with Crippen LogP contribution < -0.4 is 9.47 Å². The smallest absolute Gasteiger partial charge is 0.222 e. The lowest BCUT2D eigenvalue weighted by atomic mass is 10.1. The van der Waals surface area contributed by atoms with Crippen molar-refractivity contribution in [3.8, 4) is 28.6 Å². The van der Waals surface area contributed by atoms with Crippen LogP contribution in [0.15, 0.2) is 54.6 Å². The van der Waals surface area contributed by atoms with Crippen LogP contribution in [0.1, 0.15) is 38.7 Å². The second-order valence-corrected chi connectivity index (χ2v) is 8.69. The van der Waals surface area contributed by atoms with Crippen molar-refractivity contribution in [2.24, 2.45) is 7.05 Å². The molecule has 2 aromatic carbocycles. The van der Waals surface area contributed by atoms with E-state index in [-0.39, 0.29) is 0 Å². The summed E-state index contributed by atoms with van der Waals surface area (Å²) in [4.78, 5) is 2.24. The summed E-state index contributed by atoms with van der Waals surface area (Å²) in [7, 11) is 3.52. The predicted molar refractivity (Wildman–Crippen MR) is 139 cm³/mol. The molecule has 0 spiro atoms. The number of benzene rings is 2. The average Bonchev–Trinajstić information content (AvgIpc) is 3.17. The van der Waals surface area contributed by atoms with E-state index in [1.807, 2.05) is 49.5 Å². The van der Waals surface area contributed by atoms with Crippen LogP contribution in [0.3, 0.4) is 0 Å². The zero-order valence-corrected chi connectivity index (χ0v) is 21.4. The van der Waals surface area contributed by atoms with Gasteiger partial charge in [0.1, 0.15) is 5.69 Å². The molecular formula is C28H39N3O4. The number of para-hydroxylation sites is 2. The van der Waals surface area contributed by atoms with Gasteiger partial charge in [0.15, 0.2) is 11.5 Å². The SMILES string of the molecule is CCCCOC[C@H](O)CN(CCC)Cc1c(-c2ccccc2)nn(C)c1Oc1ccccc1OC. The normalized spacial score (nSPS) is 12.2. The molecule has 1 N–H and O–H groups in total. The lowest BCUT2D eigenvalue weighted by molar-refractivity contribution is 0.0143. The van der Waals surface area contributed by atoms with Crippen LogP contribution in [0.2, 0.25) is 0 Å². The van der Waals surface area contributed by atoms with Gasteiger partial charge in [-0.3, -0.25) is 4.90 Å². The minimum Gasteiger partial charge on any atom is -0.493 e. The number of ether oxygens (including phenoxy) is 3. The fourth-order valence-electron chi connectivity index (χ4n) is 4.05. The van der Waals surface area contributed by atoms with Gasteiger partial charge in [-0.2, -0.15) is 5.10 Å². The molecule has 35 heavy (non-hydrogen) atoms. The molecule has 7 heteroatoms. The largest absolute Gasteiger partial charge is 0.493 e. The Morgan fingerprint density at radius 2 is 1.71 bits per heavy atom. The summed E-state index contributed by atoms with van der Waals surface area (Å²) < 4.78 is 19.3. The van der Waals surface area contributed by atoms with Crippen molar-refractivity contribution in [3.63, 3.8) is 0 Å². The Balaban J connectivity index is 1.90. The summed E-state index contributed by atoms with van der Waals surface area (Å²) in [5.74, 6) is 1.94. The average molecular weight is 482 g/mol. The number of aryl methyl sites for hydroxylation is 1. The van der Waals surface area contributed by atoms with Crippen molar-refractivity contribution in [3.05, 3.63) is 60.2 Å². The van der Waals surface area contributed by atoms with Crippen LogP contribution in [0.25, 0.3) is 11.3 Å². The highest BCUT2D eigenvalue weighted by atomic mass is 16.5. The maximum Gasteiger partial charge on any atom is 0.222 e. The fourth-order valence-corrected chi connectivity index (χ4v) is 4.05. The van der Waals surface area contributed by atoms with Crippen LogP contribution >= 0.6 is 0 Å². The first-order valence-electron chi connectivity index (χ1n) is 12.5. The van der Waals surface area contributed by atoms with E-state index in [4.69, 9.17) is 19.3 Å². The maximum absolute atomic E-state index is 10.7. The van der Waals surface area contributed by atoms with Crippen molar-refractivity contribution < 1.29 is 19.3 Å². The number of rotatable bonds is 15. The molecule has 0 fully saturated rings. The molecule has 1 heterocycles. The first-order valence-corrected chi connectivity index (χ1v) is 12.5. The summed E-state index contributed by atoms with van der Waals surface area (Å²) in [6.07, 6.45) is 2.49. The highest BCUT2D eigenvalue weighted by Crippen LogP contribution is 2.37. The lowest BCUT2D eigenvalue weighted by Crippen LogP contribution is -2.35. The predicted octanol–water partition coefficient (Wildman–Crippen LogP) is 5.28. The summed E-state index contributed by atoms with van der Waals surface area (Å²) in [5, 5.41) is 15.5. The van der Waals surface area contributed by atoms with E-state index in [1.165, 1.54) is 0 Å². The molecule has 1 atom stereocenters. The van der Waals surface area contributed by atoms with Gasteiger partial charge in [0.2, 0.25) is 5.88 Å². The number of aliphatic hydroxyl groups excluding tert-OH is 1. The molecule has 0 radical (unpaired) electrons. The molecule has 0 aliphatic carbocycles. The first kappa shape index (κ1) is 26.7. The third-order valence-corrected chi connectivity index (χ3v) is 5.75. The van der Waals surface area contributed by atoms with Crippen LogP contribution in [-0.2, 0) is 18.3 Å². The van der Waals surface area contributed by atoms with Gasteiger partial charge in [-0.25, -0.2) is 4.68 Å². The van der Waals surface area contributed by atoms with Crippen LogP contribution in [-0.4, -0.2) is 59.3 Å². The summed E-state index contributed by atoms with van der Waals surface area (Å²) in [5.41, 5.74) is 2.86. The Morgan fingerprint density at radius 3 is 2.40 bits per heavy atom. The topological polar surface area (TPSA) is 69.0 Å². The zero-order chi connectivity index (χ0) is 25.0. The van der Waals surface area contributed by atoms with Crippen LogP contribution in [0, 0.1) is 0 Å². The Kier molecular flexibility index (Phi) is 10.6. The molecular weight excluding hydrogens is 442 g/mol. The second-order valence-electron chi connectivity index (χ2n) is 8.69. The van der Waals surface area contributed by atoms with Gasteiger partial charge >= 0.3 is 0 Å². The second kappa shape index (κ2) is 13.9. The van der Waals surface area contributed by atoms with Crippen molar-refractivity contribution in [2.45, 2.75) is 45.8 Å². The zero-order valence-electron chi connectivity index (χ0n) is 21.4. The molecule has 190 valence electrons. The number of hydrogen-bond acceptors (Lipinski definition) is 6. The van der Waals surface area contributed by atoms with Gasteiger partial charge < -0.3 is 19.3 Å². The third-order valence-electron chi connectivity index (χ3n) is 5.75. The Bertz CT molecular complexity index is 1020. The molecule has 0 unspecified atom stereocenters. The lowest BCUT2D eigenvalue weighted by Gasteiger charge is -2.25. The minimum atomic E-state index is -0.561. The molecule has 0 saturated carbocycles. The molecule has 0 bridgehead atoms.